The molecule has 0 radical (unpaired) electrons. The first-order chi connectivity index (χ1) is 8.08. The molecule has 6 heteroatoms. The molecule has 1 aliphatic heterocycles. The van der Waals surface area contributed by atoms with Gasteiger partial charge in [-0.3, -0.25) is 14.5 Å². The largest absolute Gasteiger partial charge is 0.398 e. The van der Waals surface area contributed by atoms with Crippen molar-refractivity contribution in [2.75, 3.05) is 11.5 Å². The van der Waals surface area contributed by atoms with E-state index in [0.717, 1.165) is 10.0 Å². The van der Waals surface area contributed by atoms with Crippen LogP contribution in [0.5, 0.6) is 0 Å². The van der Waals surface area contributed by atoms with E-state index < -0.39 is 0 Å². The summed E-state index contributed by atoms with van der Waals surface area (Å²) in [6.45, 7) is 0.254. The van der Waals surface area contributed by atoms with Gasteiger partial charge in [0.1, 0.15) is 0 Å². The van der Waals surface area contributed by atoms with Crippen molar-refractivity contribution < 1.29 is 9.59 Å². The van der Waals surface area contributed by atoms with Gasteiger partial charge in [0.05, 0.1) is 6.54 Å². The summed E-state index contributed by atoms with van der Waals surface area (Å²) in [4.78, 5) is 24.5. The standard InChI is InChI=1S/C11H11BrN2O2S/c12-8-2-1-7(9(13)5-8)6-14-10(15)3-4-17-11(14)16/h1-2,5H,3-4,6,13H2. The number of amides is 2. The number of hydrogen-bond donors (Lipinski definition) is 1. The summed E-state index contributed by atoms with van der Waals surface area (Å²) in [6.07, 6.45) is 0.410. The Labute approximate surface area is 112 Å². The number of imide groups is 1. The number of nitrogens with two attached hydrogens (primary N) is 1. The lowest BCUT2D eigenvalue weighted by atomic mass is 10.1. The molecule has 4 nitrogen and oxygen atoms in total. The van der Waals surface area contributed by atoms with Gasteiger partial charge in [-0.2, -0.15) is 0 Å². The summed E-state index contributed by atoms with van der Waals surface area (Å²) in [6, 6.07) is 5.43. The molecule has 1 aromatic carbocycles. The fourth-order valence-corrected chi connectivity index (χ4v) is 2.73. The van der Waals surface area contributed by atoms with Crippen LogP contribution in [0, 0.1) is 0 Å². The molecule has 0 unspecified atom stereocenters. The van der Waals surface area contributed by atoms with Gasteiger partial charge in [-0.25, -0.2) is 0 Å². The second-order valence-electron chi connectivity index (χ2n) is 3.69. The molecule has 2 rings (SSSR count). The number of halogens is 1. The minimum Gasteiger partial charge on any atom is -0.398 e. The molecular weight excluding hydrogens is 304 g/mol. The third kappa shape index (κ3) is 2.81. The first-order valence-electron chi connectivity index (χ1n) is 5.09. The van der Waals surface area contributed by atoms with Crippen LogP contribution in [0.2, 0.25) is 0 Å². The average molecular weight is 315 g/mol. The zero-order chi connectivity index (χ0) is 12.4. The molecule has 1 aromatic rings. The number of benzene rings is 1. The predicted octanol–water partition coefficient (Wildman–Crippen LogP) is 2.62. The van der Waals surface area contributed by atoms with Gasteiger partial charge in [-0.15, -0.1) is 0 Å². The Morgan fingerprint density at radius 1 is 1.41 bits per heavy atom. The van der Waals surface area contributed by atoms with Crippen molar-refractivity contribution in [2.45, 2.75) is 13.0 Å². The number of carbonyl (C=O) groups is 2. The minimum atomic E-state index is -0.191. The molecule has 0 aromatic heterocycles. The lowest BCUT2D eigenvalue weighted by Gasteiger charge is -2.24. The van der Waals surface area contributed by atoms with Crippen LogP contribution in [0.15, 0.2) is 22.7 Å². The van der Waals surface area contributed by atoms with E-state index in [4.69, 9.17) is 5.73 Å². The monoisotopic (exact) mass is 314 g/mol. The third-order valence-corrected chi connectivity index (χ3v) is 3.87. The maximum Gasteiger partial charge on any atom is 0.288 e. The maximum absolute atomic E-state index is 11.6. The molecule has 0 atom stereocenters. The lowest BCUT2D eigenvalue weighted by Crippen LogP contribution is -2.37. The Morgan fingerprint density at radius 2 is 2.18 bits per heavy atom. The Kier molecular flexibility index (Phi) is 3.73. The van der Waals surface area contributed by atoms with Crippen molar-refractivity contribution in [3.05, 3.63) is 28.2 Å². The number of hydrogen-bond acceptors (Lipinski definition) is 4. The predicted molar refractivity (Wildman–Crippen MR) is 71.6 cm³/mol. The number of nitrogen functional groups attached to an aromatic ring is 1. The molecule has 0 bridgehead atoms. The highest BCUT2D eigenvalue weighted by Gasteiger charge is 2.27. The van der Waals surface area contributed by atoms with Gasteiger partial charge in [0.25, 0.3) is 5.24 Å². The molecule has 17 heavy (non-hydrogen) atoms. The van der Waals surface area contributed by atoms with Crippen molar-refractivity contribution in [3.63, 3.8) is 0 Å². The quantitative estimate of drug-likeness (QED) is 0.852. The zero-order valence-electron chi connectivity index (χ0n) is 8.98. The number of nitrogens with zero attached hydrogens (tertiary/aromatic N) is 1. The minimum absolute atomic E-state index is 0.129. The average Bonchev–Trinajstić information content (AvgIpc) is 2.26. The Bertz CT molecular complexity index is 463. The summed E-state index contributed by atoms with van der Waals surface area (Å²) >= 11 is 4.49. The van der Waals surface area contributed by atoms with Gasteiger partial charge in [-0.1, -0.05) is 33.8 Å². The maximum atomic E-state index is 11.6. The highest BCUT2D eigenvalue weighted by molar-refractivity contribution is 9.10. The van der Waals surface area contributed by atoms with Crippen molar-refractivity contribution in [3.8, 4) is 0 Å². The van der Waals surface area contributed by atoms with Gasteiger partial charge in [0.15, 0.2) is 0 Å². The van der Waals surface area contributed by atoms with Crippen LogP contribution in [0.1, 0.15) is 12.0 Å². The molecule has 0 aliphatic carbocycles. The van der Waals surface area contributed by atoms with Gasteiger partial charge >= 0.3 is 0 Å². The molecule has 1 aliphatic rings. The van der Waals surface area contributed by atoms with Crippen LogP contribution in [0.25, 0.3) is 0 Å². The van der Waals surface area contributed by atoms with Crippen molar-refractivity contribution in [1.82, 2.24) is 4.90 Å². The van der Waals surface area contributed by atoms with Crippen molar-refractivity contribution in [1.29, 1.82) is 0 Å². The molecule has 0 spiro atoms. The van der Waals surface area contributed by atoms with Crippen LogP contribution < -0.4 is 5.73 Å². The second-order valence-corrected chi connectivity index (χ2v) is 5.65. The molecule has 2 amide bonds. The third-order valence-electron chi connectivity index (χ3n) is 2.50. The van der Waals surface area contributed by atoms with Crippen LogP contribution in [0.4, 0.5) is 10.5 Å². The fourth-order valence-electron chi connectivity index (χ4n) is 1.57. The van der Waals surface area contributed by atoms with E-state index in [1.54, 1.807) is 6.07 Å². The Balaban J connectivity index is 2.19. The van der Waals surface area contributed by atoms with Crippen LogP contribution in [-0.2, 0) is 11.3 Å². The van der Waals surface area contributed by atoms with E-state index >= 15 is 0 Å². The Morgan fingerprint density at radius 3 is 2.82 bits per heavy atom. The number of thioether (sulfide) groups is 1. The van der Waals surface area contributed by atoms with E-state index in [-0.39, 0.29) is 17.7 Å². The topological polar surface area (TPSA) is 63.4 Å². The SMILES string of the molecule is Nc1cc(Br)ccc1CN1C(=O)CCSC1=O. The van der Waals surface area contributed by atoms with Crippen molar-refractivity contribution in [2.24, 2.45) is 0 Å². The lowest BCUT2D eigenvalue weighted by molar-refractivity contribution is -0.128. The first kappa shape index (κ1) is 12.4. The molecular formula is C11H11BrN2O2S. The van der Waals surface area contributed by atoms with Gasteiger partial charge in [-0.05, 0) is 17.7 Å². The number of rotatable bonds is 2. The van der Waals surface area contributed by atoms with Crippen LogP contribution in [0.3, 0.4) is 0 Å². The smallest absolute Gasteiger partial charge is 0.288 e. The van der Waals surface area contributed by atoms with E-state index in [2.05, 4.69) is 15.9 Å². The van der Waals surface area contributed by atoms with E-state index in [1.165, 1.54) is 16.7 Å². The summed E-state index contributed by atoms with van der Waals surface area (Å²) in [5, 5.41) is -0.191. The highest BCUT2D eigenvalue weighted by atomic mass is 79.9. The summed E-state index contributed by atoms with van der Waals surface area (Å²) < 4.78 is 0.879. The summed E-state index contributed by atoms with van der Waals surface area (Å²) in [5.74, 6) is 0.445. The fraction of sp³-hybridized carbons (Fsp3) is 0.273. The number of anilines is 1. The molecule has 1 fully saturated rings. The van der Waals surface area contributed by atoms with Crippen LogP contribution in [-0.4, -0.2) is 21.8 Å². The normalized spacial score (nSPS) is 16.4. The molecule has 1 heterocycles. The van der Waals surface area contributed by atoms with E-state index in [1.807, 2.05) is 12.1 Å². The van der Waals surface area contributed by atoms with E-state index in [0.29, 0.717) is 17.9 Å². The van der Waals surface area contributed by atoms with Crippen molar-refractivity contribution >= 4 is 44.5 Å². The van der Waals surface area contributed by atoms with Crippen LogP contribution >= 0.6 is 27.7 Å². The first-order valence-corrected chi connectivity index (χ1v) is 6.87. The molecule has 90 valence electrons. The van der Waals surface area contributed by atoms with Gasteiger partial charge in [0.2, 0.25) is 5.91 Å². The molecule has 0 saturated carbocycles. The highest BCUT2D eigenvalue weighted by Crippen LogP contribution is 2.24. The van der Waals surface area contributed by atoms with Gasteiger partial charge in [0, 0.05) is 22.3 Å². The second kappa shape index (κ2) is 5.10. The number of carbonyl (C=O) groups excluding carboxylic acids is 2. The van der Waals surface area contributed by atoms with E-state index in [9.17, 15) is 9.59 Å². The summed E-state index contributed by atoms with van der Waals surface area (Å²) in [7, 11) is 0. The molecule has 1 saturated heterocycles. The Hall–Kier alpha value is -1.01. The van der Waals surface area contributed by atoms with Gasteiger partial charge < -0.3 is 5.73 Å². The molecule has 2 N–H and O–H groups in total. The summed E-state index contributed by atoms with van der Waals surface area (Å²) in [5.41, 5.74) is 7.21. The zero-order valence-corrected chi connectivity index (χ0v) is 11.4.